The molecule has 2 aromatic heterocycles. The molecule has 3 heterocycles. The summed E-state index contributed by atoms with van der Waals surface area (Å²) in [6.45, 7) is 5.43. The highest BCUT2D eigenvalue weighted by molar-refractivity contribution is 5.83. The van der Waals surface area contributed by atoms with E-state index >= 15 is 0 Å². The lowest BCUT2D eigenvalue weighted by atomic mass is 10.00. The second-order valence-corrected chi connectivity index (χ2v) is 9.25. The first-order chi connectivity index (χ1) is 17.1. The van der Waals surface area contributed by atoms with Crippen molar-refractivity contribution < 1.29 is 0 Å². The van der Waals surface area contributed by atoms with Gasteiger partial charge in [0.2, 0.25) is 0 Å². The second kappa shape index (κ2) is 8.51. The number of para-hydroxylation sites is 1. The van der Waals surface area contributed by atoms with Crippen LogP contribution in [-0.2, 0) is 13.0 Å². The number of nitrogens with one attached hydrogen (secondary N) is 1. The summed E-state index contributed by atoms with van der Waals surface area (Å²) in [6.07, 6.45) is 0.913. The van der Waals surface area contributed by atoms with Gasteiger partial charge in [0.25, 0.3) is 5.56 Å². The van der Waals surface area contributed by atoms with E-state index in [0.29, 0.717) is 17.9 Å². The lowest BCUT2D eigenvalue weighted by Gasteiger charge is -2.29. The van der Waals surface area contributed by atoms with Gasteiger partial charge in [0.15, 0.2) is 5.82 Å². The number of benzene rings is 3. The first-order valence-corrected chi connectivity index (χ1v) is 11.9. The van der Waals surface area contributed by atoms with Crippen molar-refractivity contribution in [3.8, 4) is 0 Å². The van der Waals surface area contributed by atoms with Crippen LogP contribution in [-0.4, -0.2) is 31.7 Å². The minimum atomic E-state index is -0.425. The molecule has 1 atom stereocenters. The smallest absolute Gasteiger partial charge is 0.254 e. The fraction of sp³-hybridized carbons (Fsp3) is 0.214. The minimum absolute atomic E-state index is 0.119. The van der Waals surface area contributed by atoms with E-state index in [2.05, 4.69) is 68.7 Å². The molecular weight excluding hydrogens is 436 g/mol. The number of aromatic nitrogens is 5. The Hall–Kier alpha value is -4.26. The van der Waals surface area contributed by atoms with E-state index in [9.17, 15) is 4.79 Å². The van der Waals surface area contributed by atoms with Crippen molar-refractivity contribution in [1.29, 1.82) is 0 Å². The van der Waals surface area contributed by atoms with Crippen LogP contribution in [0.15, 0.2) is 77.6 Å². The molecule has 0 aliphatic carbocycles. The Morgan fingerprint density at radius 1 is 1.00 bits per heavy atom. The summed E-state index contributed by atoms with van der Waals surface area (Å²) < 4.78 is 1.81. The summed E-state index contributed by atoms with van der Waals surface area (Å²) in [4.78, 5) is 19.0. The maximum atomic E-state index is 13.6. The van der Waals surface area contributed by atoms with Crippen molar-refractivity contribution in [2.75, 3.05) is 11.4 Å². The minimum Gasteiger partial charge on any atom is -0.357 e. The third-order valence-corrected chi connectivity index (χ3v) is 6.85. The van der Waals surface area contributed by atoms with Crippen LogP contribution >= 0.6 is 0 Å². The van der Waals surface area contributed by atoms with Crippen molar-refractivity contribution in [3.05, 3.63) is 117 Å². The highest BCUT2D eigenvalue weighted by Crippen LogP contribution is 2.37. The molecular formula is C28H26N6O. The third-order valence-electron chi connectivity index (χ3n) is 6.85. The van der Waals surface area contributed by atoms with Gasteiger partial charge in [0.1, 0.15) is 6.04 Å². The summed E-state index contributed by atoms with van der Waals surface area (Å²) in [5.74, 6) is 0.653. The summed E-state index contributed by atoms with van der Waals surface area (Å²) in [7, 11) is 0. The van der Waals surface area contributed by atoms with Crippen LogP contribution in [0.5, 0.6) is 0 Å². The lowest BCUT2D eigenvalue weighted by molar-refractivity contribution is 0.577. The Balaban J connectivity index is 1.55. The zero-order chi connectivity index (χ0) is 23.9. The predicted molar refractivity (Wildman–Crippen MR) is 137 cm³/mol. The molecule has 7 heteroatoms. The van der Waals surface area contributed by atoms with E-state index in [1.54, 1.807) is 0 Å². The normalized spacial score (nSPS) is 13.8. The standard InChI is InChI=1S/C28H26N6O/c1-18-14-19(2)22-16-23(28(35)29-24(22)15-18)26(33-13-12-21-10-6-7-11-25(21)33)27-30-31-32-34(27)17-20-8-4-3-5-9-20/h3-11,14-16,26H,12-13,17H2,1-2H3,(H,29,35)/t26-/m0/s1. The molecule has 7 nitrogen and oxygen atoms in total. The molecule has 1 aliphatic rings. The van der Waals surface area contributed by atoms with Crippen molar-refractivity contribution >= 4 is 16.6 Å². The number of hydrogen-bond donors (Lipinski definition) is 1. The van der Waals surface area contributed by atoms with Gasteiger partial charge in [0, 0.05) is 28.7 Å². The Kier molecular flexibility index (Phi) is 5.17. The average molecular weight is 463 g/mol. The molecule has 0 saturated heterocycles. The topological polar surface area (TPSA) is 79.7 Å². The highest BCUT2D eigenvalue weighted by atomic mass is 16.1. The molecule has 0 radical (unpaired) electrons. The summed E-state index contributed by atoms with van der Waals surface area (Å²) in [5.41, 5.74) is 7.10. The number of anilines is 1. The zero-order valence-corrected chi connectivity index (χ0v) is 19.8. The number of pyridine rings is 1. The molecule has 174 valence electrons. The van der Waals surface area contributed by atoms with E-state index in [1.807, 2.05) is 48.0 Å². The van der Waals surface area contributed by atoms with Gasteiger partial charge < -0.3 is 9.88 Å². The second-order valence-electron chi connectivity index (χ2n) is 9.25. The fourth-order valence-electron chi connectivity index (χ4n) is 5.25. The van der Waals surface area contributed by atoms with Crippen molar-refractivity contribution in [2.45, 2.75) is 32.9 Å². The Morgan fingerprint density at radius 2 is 1.80 bits per heavy atom. The molecule has 0 saturated carbocycles. The van der Waals surface area contributed by atoms with E-state index in [1.165, 1.54) is 5.56 Å². The van der Waals surface area contributed by atoms with Crippen LogP contribution in [0.2, 0.25) is 0 Å². The summed E-state index contributed by atoms with van der Waals surface area (Å²) >= 11 is 0. The van der Waals surface area contributed by atoms with E-state index in [0.717, 1.165) is 46.2 Å². The van der Waals surface area contributed by atoms with Crippen molar-refractivity contribution in [3.63, 3.8) is 0 Å². The van der Waals surface area contributed by atoms with Crippen LogP contribution in [0, 0.1) is 13.8 Å². The molecule has 0 fully saturated rings. The number of hydrogen-bond acceptors (Lipinski definition) is 5. The first kappa shape index (κ1) is 21.3. The van der Waals surface area contributed by atoms with Crippen LogP contribution in [0.25, 0.3) is 10.9 Å². The molecule has 0 bridgehead atoms. The number of fused-ring (bicyclic) bond motifs is 2. The van der Waals surface area contributed by atoms with Gasteiger partial charge in [-0.1, -0.05) is 54.6 Å². The average Bonchev–Trinajstić information content (AvgIpc) is 3.48. The largest absolute Gasteiger partial charge is 0.357 e. The zero-order valence-electron chi connectivity index (χ0n) is 19.8. The number of nitrogens with zero attached hydrogens (tertiary/aromatic N) is 5. The van der Waals surface area contributed by atoms with Gasteiger partial charge >= 0.3 is 0 Å². The molecule has 1 N–H and O–H groups in total. The van der Waals surface area contributed by atoms with Gasteiger partial charge in [0.05, 0.1) is 6.54 Å². The van der Waals surface area contributed by atoms with Crippen LogP contribution in [0.3, 0.4) is 0 Å². The maximum absolute atomic E-state index is 13.6. The van der Waals surface area contributed by atoms with Gasteiger partial charge in [-0.15, -0.1) is 5.10 Å². The van der Waals surface area contributed by atoms with Crippen molar-refractivity contribution in [2.24, 2.45) is 0 Å². The molecule has 1 aliphatic heterocycles. The van der Waals surface area contributed by atoms with E-state index in [-0.39, 0.29) is 5.56 Å². The summed E-state index contributed by atoms with van der Waals surface area (Å²) in [6, 6.07) is 24.2. The van der Waals surface area contributed by atoms with Gasteiger partial charge in [-0.05, 0) is 71.1 Å². The number of aromatic amines is 1. The Bertz CT molecular complexity index is 1590. The monoisotopic (exact) mass is 462 g/mol. The van der Waals surface area contributed by atoms with E-state index < -0.39 is 6.04 Å². The SMILES string of the molecule is Cc1cc(C)c2cc([C@@H](c3nnnn3Cc3ccccc3)N3CCc4ccccc43)c(=O)[nH]c2c1. The van der Waals surface area contributed by atoms with Gasteiger partial charge in [-0.3, -0.25) is 4.79 Å². The highest BCUT2D eigenvalue weighted by Gasteiger charge is 2.34. The van der Waals surface area contributed by atoms with Gasteiger partial charge in [-0.25, -0.2) is 4.68 Å². The predicted octanol–water partition coefficient (Wildman–Crippen LogP) is 4.33. The maximum Gasteiger partial charge on any atom is 0.254 e. The number of H-pyrrole nitrogens is 1. The van der Waals surface area contributed by atoms with Crippen LogP contribution < -0.4 is 10.5 Å². The molecule has 0 amide bonds. The molecule has 3 aromatic carbocycles. The number of aryl methyl sites for hydroxylation is 2. The quantitative estimate of drug-likeness (QED) is 0.421. The molecule has 5 aromatic rings. The Labute approximate surface area is 203 Å². The number of rotatable bonds is 5. The first-order valence-electron chi connectivity index (χ1n) is 11.9. The lowest BCUT2D eigenvalue weighted by Crippen LogP contribution is -2.34. The van der Waals surface area contributed by atoms with Crippen LogP contribution in [0.4, 0.5) is 5.69 Å². The van der Waals surface area contributed by atoms with Crippen molar-refractivity contribution in [1.82, 2.24) is 25.2 Å². The Morgan fingerprint density at radius 3 is 2.66 bits per heavy atom. The fourth-order valence-corrected chi connectivity index (χ4v) is 5.25. The third kappa shape index (κ3) is 3.79. The molecule has 0 unspecified atom stereocenters. The van der Waals surface area contributed by atoms with Crippen LogP contribution in [0.1, 0.15) is 39.7 Å². The molecule has 35 heavy (non-hydrogen) atoms. The van der Waals surface area contributed by atoms with E-state index in [4.69, 9.17) is 0 Å². The number of tetrazole rings is 1. The van der Waals surface area contributed by atoms with Gasteiger partial charge in [-0.2, -0.15) is 0 Å². The molecule has 0 spiro atoms. The summed E-state index contributed by atoms with van der Waals surface area (Å²) in [5, 5.41) is 13.9. The molecule has 6 rings (SSSR count).